The molecule has 0 bridgehead atoms. The van der Waals surface area contributed by atoms with Crippen molar-refractivity contribution in [3.05, 3.63) is 22.7 Å². The molecule has 10 heteroatoms. The number of anilines is 1. The first kappa shape index (κ1) is 15.1. The maximum Gasteiger partial charge on any atom is 0.402 e. The van der Waals surface area contributed by atoms with Crippen LogP contribution in [0.1, 0.15) is 0 Å². The minimum Gasteiger partial charge on any atom is -0.505 e. The van der Waals surface area contributed by atoms with Crippen LogP contribution < -0.4 is 9.44 Å². The second kappa shape index (κ2) is 5.33. The highest BCUT2D eigenvalue weighted by Crippen LogP contribution is 2.31. The lowest BCUT2D eigenvalue weighted by Crippen LogP contribution is -2.37. The normalized spacial score (nSPS) is 12.4. The predicted molar refractivity (Wildman–Crippen MR) is 62.4 cm³/mol. The monoisotopic (exact) mass is 348 g/mol. The van der Waals surface area contributed by atoms with Gasteiger partial charge in [-0.3, -0.25) is 4.72 Å². The molecular formula is C8H8BrF3N2O3S. The number of alkyl halides is 3. The standard InChI is InChI=1S/C8H8BrF3N2O3S/c9-5-2-1-3-6(7(5)15)14-18(16,17)13-4-8(10,11)12/h1-3,13-15H,4H2. The van der Waals surface area contributed by atoms with E-state index in [9.17, 15) is 26.7 Å². The molecule has 18 heavy (non-hydrogen) atoms. The van der Waals surface area contributed by atoms with Gasteiger partial charge < -0.3 is 5.11 Å². The zero-order valence-electron chi connectivity index (χ0n) is 8.62. The molecule has 102 valence electrons. The van der Waals surface area contributed by atoms with Gasteiger partial charge in [-0.15, -0.1) is 0 Å². The van der Waals surface area contributed by atoms with Crippen molar-refractivity contribution in [2.24, 2.45) is 0 Å². The molecule has 1 aromatic rings. The highest BCUT2D eigenvalue weighted by atomic mass is 79.9. The molecule has 0 unspecified atom stereocenters. The molecule has 1 aromatic carbocycles. The van der Waals surface area contributed by atoms with Crippen LogP contribution >= 0.6 is 15.9 Å². The Morgan fingerprint density at radius 2 is 1.94 bits per heavy atom. The molecule has 0 aliphatic heterocycles. The number of rotatable bonds is 4. The molecule has 5 nitrogen and oxygen atoms in total. The van der Waals surface area contributed by atoms with Gasteiger partial charge >= 0.3 is 6.18 Å². The van der Waals surface area contributed by atoms with Crippen molar-refractivity contribution in [2.45, 2.75) is 6.18 Å². The molecule has 0 radical (unpaired) electrons. The Hall–Kier alpha value is -1.00. The van der Waals surface area contributed by atoms with Crippen molar-refractivity contribution in [1.82, 2.24) is 4.72 Å². The summed E-state index contributed by atoms with van der Waals surface area (Å²) in [6.45, 7) is -1.70. The predicted octanol–water partition coefficient (Wildman–Crippen LogP) is 1.96. The fourth-order valence-corrected chi connectivity index (χ4v) is 2.20. The minimum absolute atomic E-state index is 0.207. The van der Waals surface area contributed by atoms with Gasteiger partial charge in [0.25, 0.3) is 10.2 Å². The summed E-state index contributed by atoms with van der Waals surface area (Å²) < 4.78 is 61.4. The summed E-state index contributed by atoms with van der Waals surface area (Å²) >= 11 is 2.94. The van der Waals surface area contributed by atoms with E-state index in [-0.39, 0.29) is 10.2 Å². The molecule has 0 atom stereocenters. The smallest absolute Gasteiger partial charge is 0.402 e. The van der Waals surface area contributed by atoms with Gasteiger partial charge in [-0.25, -0.2) is 0 Å². The van der Waals surface area contributed by atoms with Gasteiger partial charge in [0.2, 0.25) is 0 Å². The zero-order chi connectivity index (χ0) is 14.0. The Balaban J connectivity index is 2.80. The number of aromatic hydroxyl groups is 1. The number of hydrogen-bond acceptors (Lipinski definition) is 3. The van der Waals surface area contributed by atoms with Crippen molar-refractivity contribution in [2.75, 3.05) is 11.3 Å². The largest absolute Gasteiger partial charge is 0.505 e. The van der Waals surface area contributed by atoms with Crippen LogP contribution in [0.4, 0.5) is 18.9 Å². The van der Waals surface area contributed by atoms with E-state index in [0.29, 0.717) is 0 Å². The van der Waals surface area contributed by atoms with Crippen molar-refractivity contribution >= 4 is 31.8 Å². The van der Waals surface area contributed by atoms with E-state index in [1.165, 1.54) is 22.9 Å². The Morgan fingerprint density at radius 3 is 2.50 bits per heavy atom. The molecule has 0 aliphatic carbocycles. The number of halogens is 4. The Labute approximate surface area is 109 Å². The van der Waals surface area contributed by atoms with E-state index in [0.717, 1.165) is 0 Å². The van der Waals surface area contributed by atoms with Crippen LogP contribution in [0.25, 0.3) is 0 Å². The number of hydrogen-bond donors (Lipinski definition) is 3. The van der Waals surface area contributed by atoms with Crippen LogP contribution in [0.3, 0.4) is 0 Å². The van der Waals surface area contributed by atoms with E-state index >= 15 is 0 Å². The molecule has 3 N–H and O–H groups in total. The molecule has 0 amide bonds. The quantitative estimate of drug-likeness (QED) is 0.728. The van der Waals surface area contributed by atoms with Crippen molar-refractivity contribution < 1.29 is 26.7 Å². The van der Waals surface area contributed by atoms with Crippen LogP contribution in [0, 0.1) is 0 Å². The van der Waals surface area contributed by atoms with Crippen LogP contribution in [0.15, 0.2) is 22.7 Å². The van der Waals surface area contributed by atoms with Crippen molar-refractivity contribution in [3.8, 4) is 5.75 Å². The number of para-hydroxylation sites is 1. The maximum atomic E-state index is 11.9. The van der Waals surface area contributed by atoms with E-state index in [4.69, 9.17) is 0 Å². The zero-order valence-corrected chi connectivity index (χ0v) is 11.0. The first-order valence-electron chi connectivity index (χ1n) is 4.42. The number of nitrogens with one attached hydrogen (secondary N) is 2. The number of benzene rings is 1. The summed E-state index contributed by atoms with van der Waals surface area (Å²) in [6, 6.07) is 4.05. The minimum atomic E-state index is -4.66. The second-order valence-electron chi connectivity index (χ2n) is 3.18. The lowest BCUT2D eigenvalue weighted by Gasteiger charge is -2.12. The fourth-order valence-electron chi connectivity index (χ4n) is 0.955. The summed E-state index contributed by atoms with van der Waals surface area (Å²) in [4.78, 5) is 0. The van der Waals surface area contributed by atoms with Gasteiger partial charge in [-0.05, 0) is 28.1 Å². The molecule has 0 aromatic heterocycles. The molecule has 0 fully saturated rings. The lowest BCUT2D eigenvalue weighted by atomic mass is 10.3. The molecule has 1 rings (SSSR count). The van der Waals surface area contributed by atoms with Gasteiger partial charge in [-0.1, -0.05) is 6.07 Å². The summed E-state index contributed by atoms with van der Waals surface area (Å²) in [5.74, 6) is -0.421. The van der Waals surface area contributed by atoms with Gasteiger partial charge in [-0.2, -0.15) is 26.3 Å². The highest BCUT2D eigenvalue weighted by Gasteiger charge is 2.29. The average molecular weight is 349 g/mol. The van der Waals surface area contributed by atoms with E-state index in [2.05, 4.69) is 15.9 Å². The Bertz CT molecular complexity index is 533. The van der Waals surface area contributed by atoms with E-state index in [1.807, 2.05) is 0 Å². The van der Waals surface area contributed by atoms with Crippen LogP contribution in [-0.2, 0) is 10.2 Å². The van der Waals surface area contributed by atoms with Crippen molar-refractivity contribution in [1.29, 1.82) is 0 Å². The fraction of sp³-hybridized carbons (Fsp3) is 0.250. The summed E-state index contributed by atoms with van der Waals surface area (Å²) in [5, 5.41) is 9.47. The number of phenols is 1. The topological polar surface area (TPSA) is 78.4 Å². The van der Waals surface area contributed by atoms with E-state index in [1.54, 1.807) is 4.72 Å². The first-order chi connectivity index (χ1) is 8.11. The molecule has 0 saturated heterocycles. The van der Waals surface area contributed by atoms with Crippen molar-refractivity contribution in [3.63, 3.8) is 0 Å². The summed E-state index contributed by atoms with van der Waals surface area (Å²) in [7, 11) is -4.41. The number of phenolic OH excluding ortho intramolecular Hbond substituents is 1. The third-order valence-corrected chi connectivity index (χ3v) is 3.35. The SMILES string of the molecule is O=S(=O)(NCC(F)(F)F)Nc1cccc(Br)c1O. The lowest BCUT2D eigenvalue weighted by molar-refractivity contribution is -0.121. The van der Waals surface area contributed by atoms with Gasteiger partial charge in [0.15, 0.2) is 5.75 Å². The Kier molecular flexibility index (Phi) is 4.46. The van der Waals surface area contributed by atoms with Crippen LogP contribution in [-0.4, -0.2) is 26.2 Å². The highest BCUT2D eigenvalue weighted by molar-refractivity contribution is 9.10. The third kappa shape index (κ3) is 4.70. The van der Waals surface area contributed by atoms with Gasteiger partial charge in [0.05, 0.1) is 10.2 Å². The van der Waals surface area contributed by atoms with E-state index < -0.39 is 28.7 Å². The van der Waals surface area contributed by atoms with Crippen LogP contribution in [0.2, 0.25) is 0 Å². The first-order valence-corrected chi connectivity index (χ1v) is 6.70. The summed E-state index contributed by atoms with van der Waals surface area (Å²) in [5.41, 5.74) is -0.237. The molecule has 0 heterocycles. The third-order valence-electron chi connectivity index (χ3n) is 1.69. The maximum absolute atomic E-state index is 11.9. The molecule has 0 spiro atoms. The average Bonchev–Trinajstić information content (AvgIpc) is 2.21. The molecule has 0 saturated carbocycles. The summed E-state index contributed by atoms with van der Waals surface area (Å²) in [6.07, 6.45) is -4.66. The van der Waals surface area contributed by atoms with Gasteiger partial charge in [0, 0.05) is 0 Å². The Morgan fingerprint density at radius 1 is 1.33 bits per heavy atom. The molecular weight excluding hydrogens is 341 g/mol. The van der Waals surface area contributed by atoms with Crippen LogP contribution in [0.5, 0.6) is 5.75 Å². The van der Waals surface area contributed by atoms with Gasteiger partial charge in [0.1, 0.15) is 6.54 Å². The second-order valence-corrected chi connectivity index (χ2v) is 5.53. The molecule has 0 aliphatic rings.